The molecular formula is C23H27N3O3S. The van der Waals surface area contributed by atoms with Crippen molar-refractivity contribution in [2.24, 2.45) is 0 Å². The van der Waals surface area contributed by atoms with Crippen LogP contribution in [0.2, 0.25) is 0 Å². The van der Waals surface area contributed by atoms with Crippen molar-refractivity contribution >= 4 is 9.84 Å². The SMILES string of the molecule is CS(=O)(=O)Cc1cccc([C@@H]2CCN(Cc3cnn(-c4ccccc4)c3)C[C@@H]2O)c1. The Morgan fingerprint density at radius 1 is 1.10 bits per heavy atom. The van der Waals surface area contributed by atoms with Crippen molar-refractivity contribution in [1.29, 1.82) is 0 Å². The highest BCUT2D eigenvalue weighted by Crippen LogP contribution is 2.30. The fourth-order valence-electron chi connectivity index (χ4n) is 4.17. The second-order valence-electron chi connectivity index (χ2n) is 8.14. The number of nitrogens with zero attached hydrogens (tertiary/aromatic N) is 3. The fourth-order valence-corrected chi connectivity index (χ4v) is 4.95. The van der Waals surface area contributed by atoms with E-state index >= 15 is 0 Å². The van der Waals surface area contributed by atoms with Crippen LogP contribution in [0.15, 0.2) is 67.0 Å². The second-order valence-corrected chi connectivity index (χ2v) is 10.3. The van der Waals surface area contributed by atoms with Gasteiger partial charge in [-0.1, -0.05) is 42.5 Å². The molecule has 2 aromatic carbocycles. The van der Waals surface area contributed by atoms with Gasteiger partial charge in [-0.3, -0.25) is 4.90 Å². The Hall–Kier alpha value is -2.48. The van der Waals surface area contributed by atoms with E-state index < -0.39 is 15.9 Å². The zero-order chi connectivity index (χ0) is 21.1. The normalized spacial score (nSPS) is 20.3. The van der Waals surface area contributed by atoms with Crippen LogP contribution in [0.1, 0.15) is 29.0 Å². The fraction of sp³-hybridized carbons (Fsp3) is 0.348. The molecule has 7 heteroatoms. The maximum atomic E-state index is 11.6. The van der Waals surface area contributed by atoms with E-state index in [0.717, 1.165) is 41.9 Å². The Morgan fingerprint density at radius 2 is 1.90 bits per heavy atom. The number of sulfone groups is 1. The molecule has 0 spiro atoms. The zero-order valence-electron chi connectivity index (χ0n) is 17.1. The summed E-state index contributed by atoms with van der Waals surface area (Å²) in [5.74, 6) is 0.0501. The largest absolute Gasteiger partial charge is 0.391 e. The van der Waals surface area contributed by atoms with Gasteiger partial charge in [-0.25, -0.2) is 13.1 Å². The number of rotatable bonds is 6. The number of piperidine rings is 1. The number of β-amino-alcohol motifs (C(OH)–C–C–N with tert-alkyl or cyclic N) is 1. The van der Waals surface area contributed by atoms with Gasteiger partial charge in [0.2, 0.25) is 0 Å². The van der Waals surface area contributed by atoms with Gasteiger partial charge in [-0.2, -0.15) is 5.10 Å². The monoisotopic (exact) mass is 425 g/mol. The minimum Gasteiger partial charge on any atom is -0.391 e. The second kappa shape index (κ2) is 8.71. The average molecular weight is 426 g/mol. The Balaban J connectivity index is 1.39. The van der Waals surface area contributed by atoms with Crippen LogP contribution in [0.4, 0.5) is 0 Å². The van der Waals surface area contributed by atoms with Gasteiger partial charge in [-0.05, 0) is 36.2 Å². The van der Waals surface area contributed by atoms with Gasteiger partial charge >= 0.3 is 0 Å². The van der Waals surface area contributed by atoms with E-state index in [4.69, 9.17) is 0 Å². The van der Waals surface area contributed by atoms with Crippen molar-refractivity contribution in [2.75, 3.05) is 19.3 Å². The molecule has 0 amide bonds. The lowest BCUT2D eigenvalue weighted by molar-refractivity contribution is 0.0476. The zero-order valence-corrected chi connectivity index (χ0v) is 17.9. The van der Waals surface area contributed by atoms with Crippen LogP contribution < -0.4 is 0 Å². The number of para-hydroxylation sites is 1. The summed E-state index contributed by atoms with van der Waals surface area (Å²) < 4.78 is 25.1. The molecule has 1 saturated heterocycles. The van der Waals surface area contributed by atoms with Crippen LogP contribution in [-0.2, 0) is 22.1 Å². The highest BCUT2D eigenvalue weighted by molar-refractivity contribution is 7.89. The molecule has 0 unspecified atom stereocenters. The van der Waals surface area contributed by atoms with Gasteiger partial charge in [0, 0.05) is 37.0 Å². The molecule has 1 aliphatic rings. The van der Waals surface area contributed by atoms with E-state index in [2.05, 4.69) is 10.00 Å². The molecule has 6 nitrogen and oxygen atoms in total. The first-order valence-corrected chi connectivity index (χ1v) is 12.2. The van der Waals surface area contributed by atoms with Crippen LogP contribution in [-0.4, -0.2) is 53.7 Å². The molecule has 0 bridgehead atoms. The summed E-state index contributed by atoms with van der Waals surface area (Å²) >= 11 is 0. The topological polar surface area (TPSA) is 75.4 Å². The lowest BCUT2D eigenvalue weighted by Crippen LogP contribution is -2.42. The third-order valence-corrected chi connectivity index (χ3v) is 6.39. The molecule has 1 aliphatic heterocycles. The maximum absolute atomic E-state index is 11.6. The lowest BCUT2D eigenvalue weighted by atomic mass is 9.86. The van der Waals surface area contributed by atoms with E-state index in [1.807, 2.05) is 71.7 Å². The van der Waals surface area contributed by atoms with Crippen LogP contribution in [0.5, 0.6) is 0 Å². The van der Waals surface area contributed by atoms with E-state index in [9.17, 15) is 13.5 Å². The summed E-state index contributed by atoms with van der Waals surface area (Å²) in [5.41, 5.74) is 3.93. The van der Waals surface area contributed by atoms with E-state index in [1.165, 1.54) is 6.26 Å². The number of aliphatic hydroxyl groups excluding tert-OH is 1. The van der Waals surface area contributed by atoms with E-state index in [0.29, 0.717) is 6.54 Å². The van der Waals surface area contributed by atoms with Gasteiger partial charge in [0.05, 0.1) is 23.7 Å². The van der Waals surface area contributed by atoms with Crippen molar-refractivity contribution in [3.8, 4) is 5.69 Å². The molecule has 1 N–H and O–H groups in total. The third-order valence-electron chi connectivity index (χ3n) is 5.54. The molecule has 3 aromatic rings. The molecule has 4 rings (SSSR count). The number of aromatic nitrogens is 2. The summed E-state index contributed by atoms with van der Waals surface area (Å²) in [7, 11) is -3.08. The Labute approximate surface area is 177 Å². The summed E-state index contributed by atoms with van der Waals surface area (Å²) in [5, 5.41) is 15.2. The average Bonchev–Trinajstić information content (AvgIpc) is 3.16. The molecule has 158 valence electrons. The lowest BCUT2D eigenvalue weighted by Gasteiger charge is -2.36. The van der Waals surface area contributed by atoms with Gasteiger partial charge in [0.25, 0.3) is 0 Å². The van der Waals surface area contributed by atoms with Gasteiger partial charge in [0.1, 0.15) is 0 Å². The van der Waals surface area contributed by atoms with Crippen molar-refractivity contribution in [1.82, 2.24) is 14.7 Å². The van der Waals surface area contributed by atoms with Crippen LogP contribution in [0.3, 0.4) is 0 Å². The van der Waals surface area contributed by atoms with Crippen molar-refractivity contribution < 1.29 is 13.5 Å². The highest BCUT2D eigenvalue weighted by atomic mass is 32.2. The molecule has 0 aliphatic carbocycles. The first-order valence-electron chi connectivity index (χ1n) is 10.1. The minimum atomic E-state index is -3.08. The number of aliphatic hydroxyl groups is 1. The molecule has 30 heavy (non-hydrogen) atoms. The molecule has 1 fully saturated rings. The maximum Gasteiger partial charge on any atom is 0.151 e. The molecular weight excluding hydrogens is 398 g/mol. The molecule has 1 aromatic heterocycles. The minimum absolute atomic E-state index is 0.0211. The number of hydrogen-bond acceptors (Lipinski definition) is 5. The van der Waals surface area contributed by atoms with Crippen LogP contribution in [0, 0.1) is 0 Å². The van der Waals surface area contributed by atoms with Crippen molar-refractivity contribution in [2.45, 2.75) is 30.7 Å². The summed E-state index contributed by atoms with van der Waals surface area (Å²) in [4.78, 5) is 2.24. The predicted octanol–water partition coefficient (Wildman–Crippen LogP) is 2.77. The van der Waals surface area contributed by atoms with Crippen LogP contribution >= 0.6 is 0 Å². The van der Waals surface area contributed by atoms with Crippen molar-refractivity contribution in [3.05, 3.63) is 83.7 Å². The standard InChI is InChI=1S/C23H27N3O3S/c1-30(28,29)17-18-6-5-7-20(12-18)22-10-11-25(16-23(22)27)14-19-13-24-26(15-19)21-8-3-2-4-9-21/h2-9,12-13,15,22-23,27H,10-11,14,16-17H2,1H3/t22-,23-/m0/s1. The number of likely N-dealkylation sites (tertiary alicyclic amines) is 1. The van der Waals surface area contributed by atoms with Crippen molar-refractivity contribution in [3.63, 3.8) is 0 Å². The Bertz CT molecular complexity index is 1100. The molecule has 2 atom stereocenters. The number of hydrogen-bond donors (Lipinski definition) is 1. The van der Waals surface area contributed by atoms with Gasteiger partial charge in [-0.15, -0.1) is 0 Å². The Morgan fingerprint density at radius 3 is 2.63 bits per heavy atom. The smallest absolute Gasteiger partial charge is 0.151 e. The Kier molecular flexibility index (Phi) is 6.04. The molecule has 0 radical (unpaired) electrons. The van der Waals surface area contributed by atoms with Gasteiger partial charge in [0.15, 0.2) is 9.84 Å². The summed E-state index contributed by atoms with van der Waals surface area (Å²) in [6.45, 7) is 2.19. The predicted molar refractivity (Wildman–Crippen MR) is 117 cm³/mol. The first-order chi connectivity index (χ1) is 14.4. The summed E-state index contributed by atoms with van der Waals surface area (Å²) in [6, 6.07) is 17.6. The molecule has 2 heterocycles. The quantitative estimate of drug-likeness (QED) is 0.657. The summed E-state index contributed by atoms with van der Waals surface area (Å²) in [6.07, 6.45) is 5.49. The highest BCUT2D eigenvalue weighted by Gasteiger charge is 2.29. The van der Waals surface area contributed by atoms with Gasteiger partial charge < -0.3 is 5.11 Å². The van der Waals surface area contributed by atoms with Crippen LogP contribution in [0.25, 0.3) is 5.69 Å². The van der Waals surface area contributed by atoms with E-state index in [-0.39, 0.29) is 11.7 Å². The first kappa shape index (κ1) is 20.8. The van der Waals surface area contributed by atoms with E-state index in [1.54, 1.807) is 0 Å². The number of benzene rings is 2. The third kappa shape index (κ3) is 5.16. The molecule has 0 saturated carbocycles.